The van der Waals surface area contributed by atoms with Gasteiger partial charge in [0.05, 0.1) is 16.4 Å². The lowest BCUT2D eigenvalue weighted by Crippen LogP contribution is -2.35. The third kappa shape index (κ3) is 5.52. The molecule has 8 nitrogen and oxygen atoms in total. The summed E-state index contributed by atoms with van der Waals surface area (Å²) in [5, 5.41) is 14.0. The molecule has 0 aromatic heterocycles. The van der Waals surface area contributed by atoms with Crippen LogP contribution in [-0.4, -0.2) is 43.5 Å². The number of anilines is 1. The Kier molecular flexibility index (Phi) is 6.51. The number of nitrogens with one attached hydrogen (secondary N) is 1. The zero-order chi connectivity index (χ0) is 20.0. The molecule has 0 saturated heterocycles. The van der Waals surface area contributed by atoms with Gasteiger partial charge in [0, 0.05) is 25.4 Å². The molecule has 0 aliphatic heterocycles. The lowest BCUT2D eigenvalue weighted by Gasteiger charge is -2.21. The number of amides is 1. The number of likely N-dealkylation sites (N-methyl/N-ethyl adjacent to an activating group) is 1. The Labute approximate surface area is 157 Å². The maximum absolute atomic E-state index is 12.5. The van der Waals surface area contributed by atoms with Gasteiger partial charge < -0.3 is 10.2 Å². The largest absolute Gasteiger partial charge is 0.371 e. The van der Waals surface area contributed by atoms with E-state index in [0.717, 1.165) is 17.9 Å². The monoisotopic (exact) mass is 391 g/mol. The van der Waals surface area contributed by atoms with Crippen molar-refractivity contribution < 1.29 is 18.1 Å². The molecule has 2 aromatic rings. The fourth-order valence-corrected chi connectivity index (χ4v) is 3.15. The summed E-state index contributed by atoms with van der Waals surface area (Å²) >= 11 is 0. The topological polar surface area (TPSA) is 110 Å². The number of nitrogens with zero attached hydrogens (tertiary/aromatic N) is 2. The summed E-state index contributed by atoms with van der Waals surface area (Å²) in [5.74, 6) is -0.220. The molecule has 2 rings (SSSR count). The van der Waals surface area contributed by atoms with Gasteiger partial charge in [-0.25, -0.2) is 8.42 Å². The van der Waals surface area contributed by atoms with E-state index in [1.54, 1.807) is 4.90 Å². The van der Waals surface area contributed by atoms with Crippen molar-refractivity contribution in [1.82, 2.24) is 4.90 Å². The number of rotatable bonds is 8. The summed E-state index contributed by atoms with van der Waals surface area (Å²) in [7, 11) is -3.57. The quantitative estimate of drug-likeness (QED) is 0.547. The van der Waals surface area contributed by atoms with Crippen LogP contribution >= 0.6 is 0 Å². The van der Waals surface area contributed by atoms with E-state index in [0.29, 0.717) is 13.1 Å². The zero-order valence-electron chi connectivity index (χ0n) is 15.1. The van der Waals surface area contributed by atoms with Gasteiger partial charge in [0.25, 0.3) is 5.69 Å². The molecular weight excluding hydrogens is 370 g/mol. The van der Waals surface area contributed by atoms with E-state index in [4.69, 9.17) is 0 Å². The van der Waals surface area contributed by atoms with Crippen LogP contribution in [0.5, 0.6) is 0 Å². The van der Waals surface area contributed by atoms with Crippen molar-refractivity contribution >= 4 is 27.1 Å². The second-order valence-electron chi connectivity index (χ2n) is 5.96. The molecule has 0 heterocycles. The molecule has 144 valence electrons. The van der Waals surface area contributed by atoms with Gasteiger partial charge in [0.1, 0.15) is 5.69 Å². The van der Waals surface area contributed by atoms with Crippen LogP contribution in [0.3, 0.4) is 0 Å². The molecule has 27 heavy (non-hydrogen) atoms. The van der Waals surface area contributed by atoms with Crippen molar-refractivity contribution in [2.24, 2.45) is 0 Å². The van der Waals surface area contributed by atoms with E-state index in [-0.39, 0.29) is 23.0 Å². The molecule has 0 bridgehead atoms. The van der Waals surface area contributed by atoms with E-state index in [9.17, 15) is 23.3 Å². The number of benzene rings is 2. The minimum absolute atomic E-state index is 0.0940. The summed E-state index contributed by atoms with van der Waals surface area (Å²) < 4.78 is 23.2. The number of sulfone groups is 1. The number of nitro benzene ring substituents is 1. The van der Waals surface area contributed by atoms with Gasteiger partial charge in [-0.2, -0.15) is 0 Å². The summed E-state index contributed by atoms with van der Waals surface area (Å²) in [6, 6.07) is 13.1. The van der Waals surface area contributed by atoms with Crippen LogP contribution in [0.25, 0.3) is 0 Å². The number of hydrogen-bond acceptors (Lipinski definition) is 6. The van der Waals surface area contributed by atoms with E-state index < -0.39 is 20.4 Å². The molecule has 0 aliphatic carbocycles. The van der Waals surface area contributed by atoms with Crippen LogP contribution in [-0.2, 0) is 21.2 Å². The summed E-state index contributed by atoms with van der Waals surface area (Å²) in [5.41, 5.74) is 0.685. The van der Waals surface area contributed by atoms with Crippen molar-refractivity contribution in [2.75, 3.05) is 24.7 Å². The lowest BCUT2D eigenvalue weighted by atomic mass is 10.2. The number of carbonyl (C=O) groups excluding carboxylic acids is 1. The maximum Gasteiger partial charge on any atom is 0.293 e. The van der Waals surface area contributed by atoms with E-state index in [1.165, 1.54) is 12.1 Å². The van der Waals surface area contributed by atoms with Crippen LogP contribution in [0.4, 0.5) is 11.4 Å². The van der Waals surface area contributed by atoms with E-state index in [2.05, 4.69) is 5.32 Å². The van der Waals surface area contributed by atoms with Crippen LogP contribution in [0.2, 0.25) is 0 Å². The molecule has 0 atom stereocenters. The first-order chi connectivity index (χ1) is 12.7. The first-order valence-electron chi connectivity index (χ1n) is 8.26. The van der Waals surface area contributed by atoms with E-state index in [1.807, 2.05) is 37.3 Å². The van der Waals surface area contributed by atoms with Crippen LogP contribution in [0.15, 0.2) is 53.4 Å². The molecule has 0 radical (unpaired) electrons. The maximum atomic E-state index is 12.5. The van der Waals surface area contributed by atoms with Crippen molar-refractivity contribution in [2.45, 2.75) is 18.4 Å². The minimum atomic E-state index is -3.57. The molecule has 0 saturated carbocycles. The Hall–Kier alpha value is -2.94. The van der Waals surface area contributed by atoms with Gasteiger partial charge in [0.2, 0.25) is 5.91 Å². The fraction of sp³-hybridized carbons (Fsp3) is 0.278. The van der Waals surface area contributed by atoms with Crippen molar-refractivity contribution in [1.29, 1.82) is 0 Å². The summed E-state index contributed by atoms with van der Waals surface area (Å²) in [6.07, 6.45) is 0.978. The summed E-state index contributed by atoms with van der Waals surface area (Å²) in [4.78, 5) is 24.5. The second-order valence-corrected chi connectivity index (χ2v) is 7.97. The first kappa shape index (κ1) is 20.4. The predicted octanol–water partition coefficient (Wildman–Crippen LogP) is 2.46. The Bertz CT molecular complexity index is 929. The average molecular weight is 391 g/mol. The van der Waals surface area contributed by atoms with Gasteiger partial charge >= 0.3 is 0 Å². The molecular formula is C18H21N3O5S. The molecule has 1 amide bonds. The predicted molar refractivity (Wildman–Crippen MR) is 102 cm³/mol. The van der Waals surface area contributed by atoms with Gasteiger partial charge in [0.15, 0.2) is 9.84 Å². The van der Waals surface area contributed by atoms with Crippen molar-refractivity contribution in [3.8, 4) is 0 Å². The fourth-order valence-electron chi connectivity index (χ4n) is 2.51. The van der Waals surface area contributed by atoms with Gasteiger partial charge in [-0.1, -0.05) is 30.3 Å². The SMILES string of the molecule is CCN(Cc1ccccc1)C(=O)CNc1ccc(S(C)(=O)=O)cc1[N+](=O)[O-]. The van der Waals surface area contributed by atoms with Gasteiger partial charge in [-0.05, 0) is 24.6 Å². The highest BCUT2D eigenvalue weighted by Gasteiger charge is 2.20. The molecule has 0 fully saturated rings. The Morgan fingerprint density at radius 1 is 1.19 bits per heavy atom. The lowest BCUT2D eigenvalue weighted by molar-refractivity contribution is -0.384. The average Bonchev–Trinajstić information content (AvgIpc) is 2.64. The minimum Gasteiger partial charge on any atom is -0.371 e. The van der Waals surface area contributed by atoms with Crippen LogP contribution in [0, 0.1) is 10.1 Å². The third-order valence-electron chi connectivity index (χ3n) is 3.97. The van der Waals surface area contributed by atoms with E-state index >= 15 is 0 Å². The standard InChI is InChI=1S/C18H21N3O5S/c1-3-20(13-14-7-5-4-6-8-14)18(22)12-19-16-10-9-15(27(2,25)26)11-17(16)21(23)24/h4-11,19H,3,12-13H2,1-2H3. The third-order valence-corrected chi connectivity index (χ3v) is 5.09. The number of carbonyl (C=O) groups is 1. The molecule has 2 aromatic carbocycles. The van der Waals surface area contributed by atoms with Crippen LogP contribution < -0.4 is 5.32 Å². The molecule has 0 spiro atoms. The molecule has 9 heteroatoms. The molecule has 0 aliphatic rings. The smallest absolute Gasteiger partial charge is 0.293 e. The Balaban J connectivity index is 2.12. The number of nitro groups is 1. The molecule has 0 unspecified atom stereocenters. The highest BCUT2D eigenvalue weighted by Crippen LogP contribution is 2.27. The summed E-state index contributed by atoms with van der Waals surface area (Å²) in [6.45, 7) is 2.64. The zero-order valence-corrected chi connectivity index (χ0v) is 15.9. The Morgan fingerprint density at radius 3 is 2.41 bits per heavy atom. The van der Waals surface area contributed by atoms with Gasteiger partial charge in [-0.3, -0.25) is 14.9 Å². The Morgan fingerprint density at radius 2 is 1.85 bits per heavy atom. The van der Waals surface area contributed by atoms with Crippen molar-refractivity contribution in [3.63, 3.8) is 0 Å². The highest BCUT2D eigenvalue weighted by molar-refractivity contribution is 7.90. The van der Waals surface area contributed by atoms with Crippen LogP contribution in [0.1, 0.15) is 12.5 Å². The molecule has 1 N–H and O–H groups in total. The highest BCUT2D eigenvalue weighted by atomic mass is 32.2. The normalized spacial score (nSPS) is 11.0. The van der Waals surface area contributed by atoms with Crippen molar-refractivity contribution in [3.05, 3.63) is 64.2 Å². The first-order valence-corrected chi connectivity index (χ1v) is 10.2. The van der Waals surface area contributed by atoms with Gasteiger partial charge in [-0.15, -0.1) is 0 Å². The second kappa shape index (κ2) is 8.63. The number of hydrogen-bond donors (Lipinski definition) is 1.